The number of hydrogen-bond donors (Lipinski definition) is 0. The summed E-state index contributed by atoms with van der Waals surface area (Å²) in [5.74, 6) is -0.115. The van der Waals surface area contributed by atoms with E-state index >= 15 is 0 Å². The maximum atomic E-state index is 13.8. The lowest BCUT2D eigenvalue weighted by atomic mass is 9.79. The molecule has 1 aliphatic carbocycles. The first-order valence-electron chi connectivity index (χ1n) is 9.44. The average Bonchev–Trinajstić information content (AvgIpc) is 3.39. The number of carbonyl (C=O) groups is 1. The topological polar surface area (TPSA) is 65.2 Å². The molecule has 28 heavy (non-hydrogen) atoms. The molecule has 1 fully saturated rings. The summed E-state index contributed by atoms with van der Waals surface area (Å²) in [5, 5.41) is 8.07. The van der Waals surface area contributed by atoms with Crippen LogP contribution in [0.25, 0.3) is 11.5 Å². The molecule has 0 bridgehead atoms. The van der Waals surface area contributed by atoms with Gasteiger partial charge in [-0.25, -0.2) is 4.39 Å². The van der Waals surface area contributed by atoms with Crippen LogP contribution in [0.15, 0.2) is 59.0 Å². The summed E-state index contributed by atoms with van der Waals surface area (Å²) in [7, 11) is 0. The van der Waals surface area contributed by atoms with E-state index in [0.29, 0.717) is 24.3 Å². The fourth-order valence-corrected chi connectivity index (χ4v) is 3.80. The molecule has 0 spiro atoms. The van der Waals surface area contributed by atoms with Crippen molar-refractivity contribution in [2.45, 2.75) is 44.1 Å². The highest BCUT2D eigenvalue weighted by molar-refractivity contribution is 5.83. The van der Waals surface area contributed by atoms with Crippen LogP contribution >= 0.6 is 0 Å². The van der Waals surface area contributed by atoms with Crippen molar-refractivity contribution in [1.29, 1.82) is 0 Å². The summed E-state index contributed by atoms with van der Waals surface area (Å²) in [6.07, 6.45) is 2.39. The zero-order valence-electron chi connectivity index (χ0n) is 15.6. The molecule has 1 heterocycles. The fourth-order valence-electron chi connectivity index (χ4n) is 3.80. The Hall–Kier alpha value is -3.02. The summed E-state index contributed by atoms with van der Waals surface area (Å²) in [5.41, 5.74) is 0.642. The number of esters is 1. The minimum Gasteiger partial charge on any atom is -0.452 e. The summed E-state index contributed by atoms with van der Waals surface area (Å²) < 4.78 is 25.2. The second-order valence-electron chi connectivity index (χ2n) is 7.16. The van der Waals surface area contributed by atoms with Gasteiger partial charge in [-0.15, -0.1) is 10.2 Å². The summed E-state index contributed by atoms with van der Waals surface area (Å²) in [4.78, 5) is 13.1. The van der Waals surface area contributed by atoms with Gasteiger partial charge in [0, 0.05) is 5.56 Å². The average molecular weight is 380 g/mol. The van der Waals surface area contributed by atoms with Crippen LogP contribution in [0, 0.1) is 5.82 Å². The second-order valence-corrected chi connectivity index (χ2v) is 7.16. The van der Waals surface area contributed by atoms with Crippen LogP contribution in [-0.2, 0) is 14.9 Å². The largest absolute Gasteiger partial charge is 0.452 e. The molecular weight excluding hydrogens is 359 g/mol. The van der Waals surface area contributed by atoms with Crippen molar-refractivity contribution in [3.8, 4) is 11.5 Å². The normalized spacial score (nSPS) is 16.6. The van der Waals surface area contributed by atoms with Gasteiger partial charge >= 0.3 is 5.97 Å². The number of benzene rings is 2. The summed E-state index contributed by atoms with van der Waals surface area (Å²) in [6, 6.07) is 15.6. The molecule has 0 N–H and O–H groups in total. The molecule has 1 aromatic heterocycles. The molecule has 4 rings (SSSR count). The monoisotopic (exact) mass is 380 g/mol. The molecule has 6 heteroatoms. The molecular formula is C22H21FN2O3. The van der Waals surface area contributed by atoms with Gasteiger partial charge in [0.2, 0.25) is 5.89 Å². The Balaban J connectivity index is 1.54. The van der Waals surface area contributed by atoms with Crippen LogP contribution in [0.1, 0.15) is 50.2 Å². The maximum Gasteiger partial charge on any atom is 0.317 e. The van der Waals surface area contributed by atoms with E-state index in [2.05, 4.69) is 10.2 Å². The van der Waals surface area contributed by atoms with Gasteiger partial charge in [0.25, 0.3) is 5.89 Å². The van der Waals surface area contributed by atoms with Gasteiger partial charge in [0.15, 0.2) is 6.10 Å². The maximum absolute atomic E-state index is 13.8. The molecule has 1 aliphatic rings. The predicted octanol–water partition coefficient (Wildman–Crippen LogP) is 4.99. The van der Waals surface area contributed by atoms with Crippen LogP contribution in [0.3, 0.4) is 0 Å². The second kappa shape index (κ2) is 7.54. The Labute approximate surface area is 162 Å². The molecule has 1 atom stereocenters. The van der Waals surface area contributed by atoms with Gasteiger partial charge in [-0.1, -0.05) is 43.2 Å². The van der Waals surface area contributed by atoms with E-state index in [9.17, 15) is 9.18 Å². The number of rotatable bonds is 5. The van der Waals surface area contributed by atoms with E-state index in [4.69, 9.17) is 9.15 Å². The molecule has 3 aromatic rings. The van der Waals surface area contributed by atoms with Crippen molar-refractivity contribution in [2.75, 3.05) is 0 Å². The van der Waals surface area contributed by atoms with Crippen LogP contribution in [0.2, 0.25) is 0 Å². The van der Waals surface area contributed by atoms with Gasteiger partial charge in [0.05, 0.1) is 5.41 Å². The quantitative estimate of drug-likeness (QED) is 0.583. The Morgan fingerprint density at radius 2 is 1.86 bits per heavy atom. The first kappa shape index (κ1) is 18.3. The Morgan fingerprint density at radius 3 is 2.57 bits per heavy atom. The van der Waals surface area contributed by atoms with Crippen molar-refractivity contribution in [2.24, 2.45) is 0 Å². The number of halogens is 1. The van der Waals surface area contributed by atoms with Gasteiger partial charge in [-0.3, -0.25) is 4.79 Å². The number of carbonyl (C=O) groups excluding carboxylic acids is 1. The standard InChI is InChI=1S/C22H21FN2O3/c1-15(19-24-25-20(28-19)16-8-3-2-4-9-16)27-21(26)22(12-5-6-13-22)17-10-7-11-18(23)14-17/h2-4,7-11,14-15H,5-6,12-13H2,1H3/t15-/m0/s1. The smallest absolute Gasteiger partial charge is 0.317 e. The van der Waals surface area contributed by atoms with Gasteiger partial charge in [-0.2, -0.15) is 0 Å². The Kier molecular flexibility index (Phi) is 4.94. The molecule has 144 valence electrons. The van der Waals surface area contributed by atoms with Crippen molar-refractivity contribution >= 4 is 5.97 Å². The van der Waals surface area contributed by atoms with Crippen LogP contribution in [0.4, 0.5) is 4.39 Å². The van der Waals surface area contributed by atoms with Crippen molar-refractivity contribution in [3.63, 3.8) is 0 Å². The molecule has 1 saturated carbocycles. The molecule has 2 aromatic carbocycles. The first-order valence-corrected chi connectivity index (χ1v) is 9.44. The third-order valence-corrected chi connectivity index (χ3v) is 5.32. The molecule has 0 radical (unpaired) electrons. The van der Waals surface area contributed by atoms with Crippen LogP contribution in [-0.4, -0.2) is 16.2 Å². The highest BCUT2D eigenvalue weighted by Gasteiger charge is 2.45. The SMILES string of the molecule is C[C@H](OC(=O)C1(c2cccc(F)c2)CCCC1)c1nnc(-c2ccccc2)o1. The van der Waals surface area contributed by atoms with Crippen molar-refractivity contribution < 1.29 is 18.3 Å². The van der Waals surface area contributed by atoms with E-state index in [1.54, 1.807) is 19.1 Å². The van der Waals surface area contributed by atoms with Crippen LogP contribution in [0.5, 0.6) is 0 Å². The van der Waals surface area contributed by atoms with E-state index in [-0.39, 0.29) is 17.7 Å². The van der Waals surface area contributed by atoms with Crippen LogP contribution < -0.4 is 0 Å². The van der Waals surface area contributed by atoms with Crippen molar-refractivity contribution in [1.82, 2.24) is 10.2 Å². The van der Waals surface area contributed by atoms with Gasteiger partial charge < -0.3 is 9.15 Å². The third kappa shape index (κ3) is 3.42. The number of hydrogen-bond acceptors (Lipinski definition) is 5. The summed E-state index contributed by atoms with van der Waals surface area (Å²) >= 11 is 0. The highest BCUT2D eigenvalue weighted by Crippen LogP contribution is 2.43. The molecule has 5 nitrogen and oxygen atoms in total. The van der Waals surface area contributed by atoms with E-state index in [1.807, 2.05) is 30.3 Å². The third-order valence-electron chi connectivity index (χ3n) is 5.32. The van der Waals surface area contributed by atoms with Gasteiger partial charge in [0.1, 0.15) is 5.82 Å². The van der Waals surface area contributed by atoms with E-state index in [0.717, 1.165) is 18.4 Å². The predicted molar refractivity (Wildman–Crippen MR) is 101 cm³/mol. The lowest BCUT2D eigenvalue weighted by Crippen LogP contribution is -2.35. The van der Waals surface area contributed by atoms with E-state index < -0.39 is 11.5 Å². The molecule has 0 unspecified atom stereocenters. The lowest BCUT2D eigenvalue weighted by molar-refractivity contribution is -0.156. The number of ether oxygens (including phenoxy) is 1. The Bertz CT molecular complexity index is 965. The lowest BCUT2D eigenvalue weighted by Gasteiger charge is -2.28. The summed E-state index contributed by atoms with van der Waals surface area (Å²) in [6.45, 7) is 1.70. The Morgan fingerprint density at radius 1 is 1.11 bits per heavy atom. The molecule has 0 aliphatic heterocycles. The molecule has 0 amide bonds. The minimum atomic E-state index is -0.821. The fraction of sp³-hybridized carbons (Fsp3) is 0.318. The van der Waals surface area contributed by atoms with E-state index in [1.165, 1.54) is 12.1 Å². The zero-order chi connectivity index (χ0) is 19.6. The van der Waals surface area contributed by atoms with Crippen molar-refractivity contribution in [3.05, 3.63) is 71.9 Å². The molecule has 0 saturated heterocycles. The zero-order valence-corrected chi connectivity index (χ0v) is 15.6. The number of nitrogens with zero attached hydrogens (tertiary/aromatic N) is 2. The minimum absolute atomic E-state index is 0.236. The number of aromatic nitrogens is 2. The highest BCUT2D eigenvalue weighted by atomic mass is 19.1. The first-order chi connectivity index (χ1) is 13.6. The van der Waals surface area contributed by atoms with Gasteiger partial charge in [-0.05, 0) is 49.6 Å².